The number of nitrogens with zero attached hydrogens (tertiary/aromatic N) is 3. The van der Waals surface area contributed by atoms with Crippen molar-refractivity contribution in [3.05, 3.63) is 96.4 Å². The fraction of sp³-hybridized carbons (Fsp3) is 0.0455. The number of halogens is 1. The Bertz CT molecular complexity index is 1020. The zero-order valence-corrected chi connectivity index (χ0v) is 14.5. The van der Waals surface area contributed by atoms with Gasteiger partial charge in [0.2, 0.25) is 0 Å². The van der Waals surface area contributed by atoms with Crippen molar-refractivity contribution in [1.29, 1.82) is 0 Å². The molecule has 0 aliphatic heterocycles. The van der Waals surface area contributed by atoms with Crippen LogP contribution < -0.4 is 5.32 Å². The maximum Gasteiger partial charge on any atom is 0.180 e. The number of hydrogen-bond donors (Lipinski definition) is 1. The maximum atomic E-state index is 13.3. The number of benzene rings is 2. The molecule has 0 unspecified atom stereocenters. The Hall–Kier alpha value is -3.60. The molecule has 0 spiro atoms. The summed E-state index contributed by atoms with van der Waals surface area (Å²) in [4.78, 5) is 13.6. The largest absolute Gasteiger partial charge is 0.366 e. The van der Waals surface area contributed by atoms with Crippen molar-refractivity contribution >= 4 is 5.82 Å². The first-order valence-electron chi connectivity index (χ1n) is 8.62. The molecule has 0 saturated heterocycles. The van der Waals surface area contributed by atoms with Crippen molar-refractivity contribution in [2.24, 2.45) is 0 Å². The van der Waals surface area contributed by atoms with Crippen LogP contribution in [-0.4, -0.2) is 15.0 Å². The smallest absolute Gasteiger partial charge is 0.180 e. The molecule has 0 atom stereocenters. The van der Waals surface area contributed by atoms with Crippen LogP contribution in [0, 0.1) is 5.82 Å². The number of nitrogens with one attached hydrogen (secondary N) is 1. The van der Waals surface area contributed by atoms with E-state index in [4.69, 9.17) is 0 Å². The molecule has 0 radical (unpaired) electrons. The zero-order chi connectivity index (χ0) is 18.5. The maximum absolute atomic E-state index is 13.3. The third kappa shape index (κ3) is 4.15. The van der Waals surface area contributed by atoms with E-state index in [1.54, 1.807) is 18.3 Å². The highest BCUT2D eigenvalue weighted by molar-refractivity contribution is 5.66. The van der Waals surface area contributed by atoms with Crippen LogP contribution in [0.3, 0.4) is 0 Å². The van der Waals surface area contributed by atoms with Gasteiger partial charge in [0.25, 0.3) is 0 Å². The predicted octanol–water partition coefficient (Wildman–Crippen LogP) is 4.96. The van der Waals surface area contributed by atoms with Crippen LogP contribution in [0.25, 0.3) is 22.8 Å². The van der Waals surface area contributed by atoms with Crippen molar-refractivity contribution in [2.75, 3.05) is 5.32 Å². The van der Waals surface area contributed by atoms with Crippen LogP contribution in [-0.2, 0) is 6.54 Å². The monoisotopic (exact) mass is 356 g/mol. The first-order chi connectivity index (χ1) is 13.3. The van der Waals surface area contributed by atoms with Gasteiger partial charge in [-0.1, -0.05) is 36.4 Å². The Kier molecular flexibility index (Phi) is 4.83. The van der Waals surface area contributed by atoms with E-state index >= 15 is 0 Å². The summed E-state index contributed by atoms with van der Waals surface area (Å²) in [6.45, 7) is 0.641. The second-order valence-electron chi connectivity index (χ2n) is 6.02. The minimum absolute atomic E-state index is 0.278. The first-order valence-corrected chi connectivity index (χ1v) is 8.62. The standard InChI is InChI=1S/C22H17FN4/c23-18-11-9-17(10-12-18)20-14-21(25-15-16-6-2-1-3-7-16)27-22(26-20)19-8-4-5-13-24-19/h1-14H,15H2,(H,25,26,27). The summed E-state index contributed by atoms with van der Waals surface area (Å²) in [5.41, 5.74) is 3.36. The average molecular weight is 356 g/mol. The number of pyridine rings is 1. The summed E-state index contributed by atoms with van der Waals surface area (Å²) in [7, 11) is 0. The Morgan fingerprint density at radius 1 is 0.778 bits per heavy atom. The van der Waals surface area contributed by atoms with Gasteiger partial charge >= 0.3 is 0 Å². The summed E-state index contributed by atoms with van der Waals surface area (Å²) < 4.78 is 13.3. The van der Waals surface area contributed by atoms with Crippen LogP contribution in [0.2, 0.25) is 0 Å². The molecule has 0 aliphatic carbocycles. The lowest BCUT2D eigenvalue weighted by Crippen LogP contribution is -2.04. The van der Waals surface area contributed by atoms with Crippen molar-refractivity contribution in [1.82, 2.24) is 15.0 Å². The van der Waals surface area contributed by atoms with Crippen LogP contribution >= 0.6 is 0 Å². The Labute approximate surface area is 156 Å². The van der Waals surface area contributed by atoms with Gasteiger partial charge in [-0.05, 0) is 42.0 Å². The van der Waals surface area contributed by atoms with E-state index in [1.165, 1.54) is 12.1 Å². The van der Waals surface area contributed by atoms with Gasteiger partial charge in [0.05, 0.1) is 5.69 Å². The van der Waals surface area contributed by atoms with Crippen LogP contribution in [0.1, 0.15) is 5.56 Å². The molecule has 2 heterocycles. The summed E-state index contributed by atoms with van der Waals surface area (Å²) in [5.74, 6) is 0.932. The lowest BCUT2D eigenvalue weighted by atomic mass is 10.1. The van der Waals surface area contributed by atoms with Gasteiger partial charge in [-0.2, -0.15) is 0 Å². The molecule has 5 heteroatoms. The van der Waals surface area contributed by atoms with Crippen LogP contribution in [0.4, 0.5) is 10.2 Å². The van der Waals surface area contributed by atoms with E-state index in [0.29, 0.717) is 29.6 Å². The first kappa shape index (κ1) is 16.8. The molecule has 4 nitrogen and oxygen atoms in total. The third-order valence-electron chi connectivity index (χ3n) is 4.08. The number of aromatic nitrogens is 3. The topological polar surface area (TPSA) is 50.7 Å². The highest BCUT2D eigenvalue weighted by atomic mass is 19.1. The number of hydrogen-bond acceptors (Lipinski definition) is 4. The molecule has 2 aromatic carbocycles. The fourth-order valence-corrected chi connectivity index (χ4v) is 2.70. The van der Waals surface area contributed by atoms with Gasteiger partial charge < -0.3 is 5.32 Å². The number of anilines is 1. The molecule has 0 fully saturated rings. The quantitative estimate of drug-likeness (QED) is 0.549. The highest BCUT2D eigenvalue weighted by Gasteiger charge is 2.10. The minimum Gasteiger partial charge on any atom is -0.366 e. The summed E-state index contributed by atoms with van der Waals surface area (Å²) in [6.07, 6.45) is 1.71. The normalized spacial score (nSPS) is 10.6. The Morgan fingerprint density at radius 2 is 1.56 bits per heavy atom. The second-order valence-corrected chi connectivity index (χ2v) is 6.02. The molecule has 132 valence electrons. The minimum atomic E-state index is -0.278. The molecule has 0 saturated carbocycles. The van der Waals surface area contributed by atoms with Gasteiger partial charge in [0, 0.05) is 24.4 Å². The van der Waals surface area contributed by atoms with Crippen molar-refractivity contribution in [2.45, 2.75) is 6.54 Å². The van der Waals surface area contributed by atoms with E-state index in [0.717, 1.165) is 11.1 Å². The lowest BCUT2D eigenvalue weighted by molar-refractivity contribution is 0.628. The molecular weight excluding hydrogens is 339 g/mol. The molecule has 2 aromatic heterocycles. The summed E-state index contributed by atoms with van der Waals surface area (Å²) >= 11 is 0. The van der Waals surface area contributed by atoms with Gasteiger partial charge in [-0.25, -0.2) is 14.4 Å². The SMILES string of the molecule is Fc1ccc(-c2cc(NCc3ccccc3)nc(-c3ccccn3)n2)cc1. The second kappa shape index (κ2) is 7.74. The molecule has 1 N–H and O–H groups in total. The van der Waals surface area contributed by atoms with Crippen LogP contribution in [0.15, 0.2) is 85.1 Å². The predicted molar refractivity (Wildman–Crippen MR) is 104 cm³/mol. The molecular formula is C22H17FN4. The third-order valence-corrected chi connectivity index (χ3v) is 4.08. The van der Waals surface area contributed by atoms with Gasteiger partial charge in [0.1, 0.15) is 17.3 Å². The van der Waals surface area contributed by atoms with E-state index in [-0.39, 0.29) is 5.82 Å². The van der Waals surface area contributed by atoms with Gasteiger partial charge in [0.15, 0.2) is 5.82 Å². The molecule has 0 aliphatic rings. The molecule has 4 rings (SSSR count). The molecule has 4 aromatic rings. The molecule has 0 amide bonds. The lowest BCUT2D eigenvalue weighted by Gasteiger charge is -2.10. The Morgan fingerprint density at radius 3 is 2.30 bits per heavy atom. The van der Waals surface area contributed by atoms with Crippen molar-refractivity contribution in [3.8, 4) is 22.8 Å². The fourth-order valence-electron chi connectivity index (χ4n) is 2.70. The van der Waals surface area contributed by atoms with Gasteiger partial charge in [-0.15, -0.1) is 0 Å². The summed E-state index contributed by atoms with van der Waals surface area (Å²) in [6, 6.07) is 23.8. The molecule has 0 bridgehead atoms. The van der Waals surface area contributed by atoms with E-state index in [2.05, 4.69) is 32.4 Å². The zero-order valence-electron chi connectivity index (χ0n) is 14.5. The van der Waals surface area contributed by atoms with Gasteiger partial charge in [-0.3, -0.25) is 4.98 Å². The Balaban J connectivity index is 1.71. The van der Waals surface area contributed by atoms with E-state index < -0.39 is 0 Å². The summed E-state index contributed by atoms with van der Waals surface area (Å²) in [5, 5.41) is 3.34. The number of rotatable bonds is 5. The van der Waals surface area contributed by atoms with Crippen molar-refractivity contribution < 1.29 is 4.39 Å². The van der Waals surface area contributed by atoms with E-state index in [9.17, 15) is 4.39 Å². The van der Waals surface area contributed by atoms with E-state index in [1.807, 2.05) is 42.5 Å². The average Bonchev–Trinajstić information content (AvgIpc) is 2.74. The highest BCUT2D eigenvalue weighted by Crippen LogP contribution is 2.24. The van der Waals surface area contributed by atoms with Crippen molar-refractivity contribution in [3.63, 3.8) is 0 Å². The van der Waals surface area contributed by atoms with Crippen LogP contribution in [0.5, 0.6) is 0 Å². The molecule has 27 heavy (non-hydrogen) atoms.